The molecule has 0 aliphatic carbocycles. The molecule has 5 nitrogen and oxygen atoms in total. The number of carbonyl (C=O) groups excluding carboxylic acids is 1. The van der Waals surface area contributed by atoms with Crippen LogP contribution in [0.1, 0.15) is 18.4 Å². The molecule has 1 saturated heterocycles. The van der Waals surface area contributed by atoms with Gasteiger partial charge >= 0.3 is 5.97 Å². The van der Waals surface area contributed by atoms with Crippen molar-refractivity contribution in [3.05, 3.63) is 34.3 Å². The molecule has 6 heteroatoms. The van der Waals surface area contributed by atoms with E-state index in [9.17, 15) is 9.59 Å². The molecule has 1 aromatic carbocycles. The number of aliphatic carboxylic acids is 1. The van der Waals surface area contributed by atoms with E-state index in [4.69, 9.17) is 10.8 Å². The second-order valence-corrected chi connectivity index (χ2v) is 5.54. The second-order valence-electron chi connectivity index (χ2n) is 4.63. The number of hydrogen-bond acceptors (Lipinski definition) is 3. The number of carboxylic acids is 1. The van der Waals surface area contributed by atoms with Crippen LogP contribution in [0.3, 0.4) is 0 Å². The maximum atomic E-state index is 11.5. The number of benzene rings is 1. The maximum absolute atomic E-state index is 11.5. The Bertz CT molecular complexity index is 572. The lowest BCUT2D eigenvalue weighted by atomic mass is 10.1. The predicted molar refractivity (Wildman–Crippen MR) is 80.4 cm³/mol. The lowest BCUT2D eigenvalue weighted by Crippen LogP contribution is -2.40. The van der Waals surface area contributed by atoms with Crippen molar-refractivity contribution >= 4 is 39.6 Å². The van der Waals surface area contributed by atoms with E-state index >= 15 is 0 Å². The SMILES string of the molecule is NC(=O)C1CCCN1c1ccc(Br)cc1/C=C/C(=O)O. The number of nitrogens with two attached hydrogens (primary N) is 1. The minimum atomic E-state index is -1.01. The van der Waals surface area contributed by atoms with Gasteiger partial charge in [-0.3, -0.25) is 4.79 Å². The summed E-state index contributed by atoms with van der Waals surface area (Å²) >= 11 is 3.36. The minimum absolute atomic E-state index is 0.326. The van der Waals surface area contributed by atoms with Crippen LogP contribution in [0.25, 0.3) is 6.08 Å². The molecule has 1 aromatic rings. The number of amides is 1. The molecule has 1 heterocycles. The van der Waals surface area contributed by atoms with Crippen molar-refractivity contribution in [3.63, 3.8) is 0 Å². The normalized spacial score (nSPS) is 18.6. The van der Waals surface area contributed by atoms with Crippen LogP contribution in [0.5, 0.6) is 0 Å². The molecule has 1 unspecified atom stereocenters. The fourth-order valence-electron chi connectivity index (χ4n) is 2.43. The largest absolute Gasteiger partial charge is 0.478 e. The lowest BCUT2D eigenvalue weighted by molar-refractivity contribution is -0.131. The van der Waals surface area contributed by atoms with Gasteiger partial charge in [0.25, 0.3) is 0 Å². The third-order valence-corrected chi connectivity index (χ3v) is 3.78. The number of halogens is 1. The number of anilines is 1. The highest BCUT2D eigenvalue weighted by molar-refractivity contribution is 9.10. The zero-order chi connectivity index (χ0) is 14.7. The van der Waals surface area contributed by atoms with Gasteiger partial charge in [-0.25, -0.2) is 4.79 Å². The van der Waals surface area contributed by atoms with Crippen molar-refractivity contribution in [3.8, 4) is 0 Å². The first-order chi connectivity index (χ1) is 9.49. The number of carboxylic acid groups (broad SMARTS) is 1. The van der Waals surface area contributed by atoms with E-state index in [0.29, 0.717) is 0 Å². The summed E-state index contributed by atoms with van der Waals surface area (Å²) in [7, 11) is 0. The Morgan fingerprint density at radius 1 is 1.45 bits per heavy atom. The van der Waals surface area contributed by atoms with Crippen LogP contribution >= 0.6 is 15.9 Å². The average Bonchev–Trinajstić information content (AvgIpc) is 2.85. The fourth-order valence-corrected chi connectivity index (χ4v) is 2.81. The van der Waals surface area contributed by atoms with Gasteiger partial charge in [0.05, 0.1) is 0 Å². The third-order valence-electron chi connectivity index (χ3n) is 3.29. The Labute approximate surface area is 125 Å². The van der Waals surface area contributed by atoms with Gasteiger partial charge in [-0.05, 0) is 42.7 Å². The Morgan fingerprint density at radius 3 is 2.85 bits per heavy atom. The standard InChI is InChI=1S/C14H15BrN2O3/c15-10-4-5-11(9(8-10)3-6-13(18)19)17-7-1-2-12(17)14(16)20/h3-6,8,12H,1-2,7H2,(H2,16,20)(H,18,19)/b6-3+. The van der Waals surface area contributed by atoms with Crippen LogP contribution in [0.4, 0.5) is 5.69 Å². The van der Waals surface area contributed by atoms with Crippen molar-refractivity contribution in [1.29, 1.82) is 0 Å². The third kappa shape index (κ3) is 3.19. The van der Waals surface area contributed by atoms with Crippen LogP contribution < -0.4 is 10.6 Å². The molecule has 1 amide bonds. The van der Waals surface area contributed by atoms with Gasteiger partial charge in [-0.2, -0.15) is 0 Å². The zero-order valence-corrected chi connectivity index (χ0v) is 12.3. The maximum Gasteiger partial charge on any atom is 0.328 e. The average molecular weight is 339 g/mol. The molecule has 0 bridgehead atoms. The fraction of sp³-hybridized carbons (Fsp3) is 0.286. The van der Waals surface area contributed by atoms with E-state index in [-0.39, 0.29) is 11.9 Å². The Balaban J connectivity index is 2.40. The Hall–Kier alpha value is -1.82. The number of primary amides is 1. The zero-order valence-electron chi connectivity index (χ0n) is 10.8. The lowest BCUT2D eigenvalue weighted by Gasteiger charge is -2.26. The highest BCUT2D eigenvalue weighted by Crippen LogP contribution is 2.31. The molecule has 0 aromatic heterocycles. The highest BCUT2D eigenvalue weighted by atomic mass is 79.9. The summed E-state index contributed by atoms with van der Waals surface area (Å²) in [5, 5.41) is 8.75. The van der Waals surface area contributed by atoms with Crippen LogP contribution in [0.15, 0.2) is 28.7 Å². The van der Waals surface area contributed by atoms with Gasteiger partial charge in [0.2, 0.25) is 5.91 Å². The predicted octanol–water partition coefficient (Wildman–Crippen LogP) is 2.00. The number of hydrogen-bond donors (Lipinski definition) is 2. The Morgan fingerprint density at radius 2 is 2.20 bits per heavy atom. The van der Waals surface area contributed by atoms with Crippen LogP contribution in [0, 0.1) is 0 Å². The van der Waals surface area contributed by atoms with Crippen LogP contribution in [-0.2, 0) is 9.59 Å². The molecule has 1 atom stereocenters. The Kier molecular flexibility index (Phi) is 4.44. The first kappa shape index (κ1) is 14.6. The number of nitrogens with zero attached hydrogens (tertiary/aromatic N) is 1. The van der Waals surface area contributed by atoms with E-state index in [0.717, 1.165) is 41.2 Å². The van der Waals surface area contributed by atoms with Gasteiger partial charge in [-0.1, -0.05) is 15.9 Å². The van der Waals surface area contributed by atoms with Crippen molar-refractivity contribution in [2.75, 3.05) is 11.4 Å². The van der Waals surface area contributed by atoms with Gasteiger partial charge in [0, 0.05) is 22.8 Å². The summed E-state index contributed by atoms with van der Waals surface area (Å²) in [6.07, 6.45) is 4.23. The molecule has 1 aliphatic heterocycles. The molecule has 106 valence electrons. The molecule has 0 spiro atoms. The minimum Gasteiger partial charge on any atom is -0.478 e. The highest BCUT2D eigenvalue weighted by Gasteiger charge is 2.30. The summed E-state index contributed by atoms with van der Waals surface area (Å²) in [6.45, 7) is 0.739. The summed E-state index contributed by atoms with van der Waals surface area (Å²) in [6, 6.07) is 5.23. The topological polar surface area (TPSA) is 83.6 Å². The summed E-state index contributed by atoms with van der Waals surface area (Å²) in [4.78, 5) is 24.1. The van der Waals surface area contributed by atoms with E-state index in [1.54, 1.807) is 0 Å². The summed E-state index contributed by atoms with van der Waals surface area (Å²) in [5.74, 6) is -1.36. The molecule has 1 aliphatic rings. The van der Waals surface area contributed by atoms with Crippen LogP contribution in [0.2, 0.25) is 0 Å². The van der Waals surface area contributed by atoms with Gasteiger partial charge < -0.3 is 15.7 Å². The monoisotopic (exact) mass is 338 g/mol. The molecule has 0 radical (unpaired) electrons. The molecular formula is C14H15BrN2O3. The van der Waals surface area contributed by atoms with E-state index in [1.807, 2.05) is 23.1 Å². The van der Waals surface area contributed by atoms with Crippen LogP contribution in [-0.4, -0.2) is 29.6 Å². The quantitative estimate of drug-likeness (QED) is 0.822. The molecule has 0 saturated carbocycles. The summed E-state index contributed by atoms with van der Waals surface area (Å²) in [5.41, 5.74) is 7.00. The van der Waals surface area contributed by atoms with Gasteiger partial charge in [0.15, 0.2) is 0 Å². The van der Waals surface area contributed by atoms with Crippen molar-refractivity contribution in [1.82, 2.24) is 0 Å². The summed E-state index contributed by atoms with van der Waals surface area (Å²) < 4.78 is 0.848. The molecule has 2 rings (SSSR count). The van der Waals surface area contributed by atoms with E-state index in [1.165, 1.54) is 6.08 Å². The second kappa shape index (κ2) is 6.09. The van der Waals surface area contributed by atoms with Gasteiger partial charge in [-0.15, -0.1) is 0 Å². The van der Waals surface area contributed by atoms with Crippen molar-refractivity contribution in [2.24, 2.45) is 5.73 Å². The number of rotatable bonds is 4. The molecule has 20 heavy (non-hydrogen) atoms. The van der Waals surface area contributed by atoms with E-state index in [2.05, 4.69) is 15.9 Å². The first-order valence-electron chi connectivity index (χ1n) is 6.25. The van der Waals surface area contributed by atoms with Gasteiger partial charge in [0.1, 0.15) is 6.04 Å². The van der Waals surface area contributed by atoms with Crippen molar-refractivity contribution in [2.45, 2.75) is 18.9 Å². The first-order valence-corrected chi connectivity index (χ1v) is 7.05. The van der Waals surface area contributed by atoms with Crippen molar-refractivity contribution < 1.29 is 14.7 Å². The molecule has 1 fully saturated rings. The smallest absolute Gasteiger partial charge is 0.328 e. The number of carbonyl (C=O) groups is 2. The molecular weight excluding hydrogens is 324 g/mol. The molecule has 3 N–H and O–H groups in total. The van der Waals surface area contributed by atoms with E-state index < -0.39 is 5.97 Å².